The van der Waals surface area contributed by atoms with Gasteiger partial charge in [0.15, 0.2) is 5.82 Å². The molecule has 0 aliphatic carbocycles. The molecule has 1 spiro atoms. The lowest BCUT2D eigenvalue weighted by Crippen LogP contribution is -2.61. The van der Waals surface area contributed by atoms with Gasteiger partial charge in [0.05, 0.1) is 5.56 Å². The molecule has 0 N–H and O–H groups in total. The summed E-state index contributed by atoms with van der Waals surface area (Å²) in [6.45, 7) is 10.4. The number of carbonyl (C=O) groups excluding carboxylic acids is 2. The first-order chi connectivity index (χ1) is 20.5. The second-order valence-electron chi connectivity index (χ2n) is 11.7. The first kappa shape index (κ1) is 30.5. The number of likely N-dealkylation sites (tertiary alicyclic amines) is 1. The van der Waals surface area contributed by atoms with E-state index in [9.17, 15) is 14.0 Å². The highest BCUT2D eigenvalue weighted by Gasteiger charge is 2.47. The molecule has 2 amide bonds. The van der Waals surface area contributed by atoms with Gasteiger partial charge >= 0.3 is 6.09 Å². The normalized spacial score (nSPS) is 15.9. The third kappa shape index (κ3) is 6.82. The standard InChI is InChI=1S/C31H36ClFN6O4/c1-20(2)39(21(3)4)28(40)24-16-23(33)10-11-25(24)43-27-26(34-29(32)36-35-27)38-18-31(19-38)12-14-37(15-13-31)30(41)42-17-22-8-6-5-7-9-22/h5-11,16,20-21H,12-15,17-19H2,1-4H3. The van der Waals surface area contributed by atoms with Crippen LogP contribution in [0.15, 0.2) is 48.5 Å². The summed E-state index contributed by atoms with van der Waals surface area (Å²) in [5.41, 5.74) is 1.02. The number of hydrogen-bond donors (Lipinski definition) is 0. The summed E-state index contributed by atoms with van der Waals surface area (Å²) < 4.78 is 25.9. The number of anilines is 1. The Hall–Kier alpha value is -3.99. The van der Waals surface area contributed by atoms with Crippen LogP contribution in [0.1, 0.15) is 56.5 Å². The Morgan fingerprint density at radius 3 is 2.35 bits per heavy atom. The van der Waals surface area contributed by atoms with Crippen LogP contribution in [0.4, 0.5) is 15.0 Å². The summed E-state index contributed by atoms with van der Waals surface area (Å²) in [4.78, 5) is 35.9. The number of aromatic nitrogens is 3. The molecule has 0 unspecified atom stereocenters. The molecule has 2 saturated heterocycles. The molecule has 3 heterocycles. The van der Waals surface area contributed by atoms with E-state index in [-0.39, 0.29) is 58.6 Å². The van der Waals surface area contributed by atoms with Crippen LogP contribution in [0.5, 0.6) is 11.6 Å². The van der Waals surface area contributed by atoms with E-state index in [1.165, 1.54) is 18.2 Å². The fourth-order valence-electron chi connectivity index (χ4n) is 5.83. The van der Waals surface area contributed by atoms with Crippen molar-refractivity contribution in [2.24, 2.45) is 5.41 Å². The third-order valence-corrected chi connectivity index (χ3v) is 8.14. The lowest BCUT2D eigenvalue weighted by molar-refractivity contribution is 0.0494. The van der Waals surface area contributed by atoms with Gasteiger partial charge in [-0.3, -0.25) is 4.79 Å². The number of nitrogens with zero attached hydrogens (tertiary/aromatic N) is 6. The first-order valence-corrected chi connectivity index (χ1v) is 14.8. The molecule has 12 heteroatoms. The largest absolute Gasteiger partial charge is 0.445 e. The minimum Gasteiger partial charge on any atom is -0.445 e. The maximum atomic E-state index is 14.3. The van der Waals surface area contributed by atoms with E-state index in [0.29, 0.717) is 32.0 Å². The number of rotatable bonds is 8. The number of halogens is 2. The Morgan fingerprint density at radius 1 is 1.02 bits per heavy atom. The molecule has 2 aliphatic rings. The monoisotopic (exact) mass is 610 g/mol. The van der Waals surface area contributed by atoms with Gasteiger partial charge in [0.2, 0.25) is 5.28 Å². The van der Waals surface area contributed by atoms with Crippen LogP contribution in [0.2, 0.25) is 5.28 Å². The molecule has 0 saturated carbocycles. The van der Waals surface area contributed by atoms with Gasteiger partial charge in [-0.15, -0.1) is 10.2 Å². The first-order valence-electron chi connectivity index (χ1n) is 14.5. The molecule has 228 valence electrons. The van der Waals surface area contributed by atoms with Crippen molar-refractivity contribution in [1.29, 1.82) is 0 Å². The Labute approximate surface area is 255 Å². The summed E-state index contributed by atoms with van der Waals surface area (Å²) in [7, 11) is 0. The van der Waals surface area contributed by atoms with Gasteiger partial charge in [0.25, 0.3) is 11.8 Å². The zero-order valence-electron chi connectivity index (χ0n) is 24.8. The maximum absolute atomic E-state index is 14.3. The van der Waals surface area contributed by atoms with E-state index in [1.807, 2.05) is 62.9 Å². The molecule has 0 radical (unpaired) electrons. The zero-order valence-corrected chi connectivity index (χ0v) is 25.6. The minimum absolute atomic E-state index is 0.00304. The lowest BCUT2D eigenvalue weighted by Gasteiger charge is -2.54. The van der Waals surface area contributed by atoms with Crippen LogP contribution >= 0.6 is 11.6 Å². The van der Waals surface area contributed by atoms with Crippen LogP contribution in [-0.4, -0.2) is 75.2 Å². The fraction of sp³-hybridized carbons (Fsp3) is 0.452. The molecular weight excluding hydrogens is 575 g/mol. The highest BCUT2D eigenvalue weighted by molar-refractivity contribution is 6.28. The predicted molar refractivity (Wildman–Crippen MR) is 160 cm³/mol. The smallest absolute Gasteiger partial charge is 0.410 e. The van der Waals surface area contributed by atoms with E-state index >= 15 is 0 Å². The topological polar surface area (TPSA) is 101 Å². The summed E-state index contributed by atoms with van der Waals surface area (Å²) >= 11 is 6.13. The molecule has 1 aromatic heterocycles. The second kappa shape index (κ2) is 12.7. The number of hydrogen-bond acceptors (Lipinski definition) is 8. The van der Waals surface area contributed by atoms with E-state index in [1.54, 1.807) is 9.80 Å². The van der Waals surface area contributed by atoms with Crippen molar-refractivity contribution < 1.29 is 23.5 Å². The molecule has 2 aliphatic heterocycles. The van der Waals surface area contributed by atoms with Gasteiger partial charge in [-0.25, -0.2) is 9.18 Å². The van der Waals surface area contributed by atoms with Crippen LogP contribution < -0.4 is 9.64 Å². The Kier molecular flexibility index (Phi) is 9.00. The highest BCUT2D eigenvalue weighted by atomic mass is 35.5. The van der Waals surface area contributed by atoms with E-state index < -0.39 is 5.82 Å². The predicted octanol–water partition coefficient (Wildman–Crippen LogP) is 5.95. The van der Waals surface area contributed by atoms with Crippen molar-refractivity contribution >= 4 is 29.4 Å². The van der Waals surface area contributed by atoms with Gasteiger partial charge in [-0.2, -0.15) is 4.98 Å². The molecule has 2 aromatic carbocycles. The summed E-state index contributed by atoms with van der Waals surface area (Å²) in [5.74, 6) is -0.295. The van der Waals surface area contributed by atoms with Crippen LogP contribution in [0.3, 0.4) is 0 Å². The third-order valence-electron chi connectivity index (χ3n) is 7.98. The molecule has 0 bridgehead atoms. The fourth-order valence-corrected chi connectivity index (χ4v) is 5.95. The Morgan fingerprint density at radius 2 is 1.70 bits per heavy atom. The van der Waals surface area contributed by atoms with Gasteiger partial charge in [0, 0.05) is 43.7 Å². The number of piperidine rings is 1. The van der Waals surface area contributed by atoms with Crippen LogP contribution in [-0.2, 0) is 11.3 Å². The zero-order chi connectivity index (χ0) is 30.7. The SMILES string of the molecule is CC(C)N(C(=O)c1cc(F)ccc1Oc1nnc(Cl)nc1N1CC2(CCN(C(=O)OCc3ccccc3)CC2)C1)C(C)C. The van der Waals surface area contributed by atoms with Crippen molar-refractivity contribution in [3.8, 4) is 11.6 Å². The number of benzene rings is 2. The maximum Gasteiger partial charge on any atom is 0.410 e. The quantitative estimate of drug-likeness (QED) is 0.308. The molecule has 3 aromatic rings. The molecule has 0 atom stereocenters. The number of carbonyl (C=O) groups is 2. The van der Waals surface area contributed by atoms with Gasteiger partial charge in [-0.05, 0) is 75.9 Å². The van der Waals surface area contributed by atoms with E-state index in [4.69, 9.17) is 21.1 Å². The summed E-state index contributed by atoms with van der Waals surface area (Å²) in [6.07, 6.45) is 1.31. The van der Waals surface area contributed by atoms with Gasteiger partial charge in [0.1, 0.15) is 18.2 Å². The highest BCUT2D eigenvalue weighted by Crippen LogP contribution is 2.45. The molecule has 10 nitrogen and oxygen atoms in total. The van der Waals surface area contributed by atoms with Crippen molar-refractivity contribution in [1.82, 2.24) is 25.0 Å². The van der Waals surface area contributed by atoms with E-state index in [2.05, 4.69) is 15.2 Å². The van der Waals surface area contributed by atoms with Gasteiger partial charge in [-0.1, -0.05) is 30.3 Å². The average Bonchev–Trinajstić information content (AvgIpc) is 2.96. The molecular formula is C31H36ClFN6O4. The van der Waals surface area contributed by atoms with Crippen molar-refractivity contribution in [2.45, 2.75) is 59.2 Å². The summed E-state index contributed by atoms with van der Waals surface area (Å²) in [6, 6.07) is 13.2. The molecule has 5 rings (SSSR count). The van der Waals surface area contributed by atoms with Crippen LogP contribution in [0, 0.1) is 11.2 Å². The Balaban J connectivity index is 1.26. The lowest BCUT2D eigenvalue weighted by atomic mass is 9.72. The van der Waals surface area contributed by atoms with Crippen molar-refractivity contribution in [2.75, 3.05) is 31.1 Å². The van der Waals surface area contributed by atoms with Crippen LogP contribution in [0.25, 0.3) is 0 Å². The number of ether oxygens (including phenoxy) is 2. The Bertz CT molecular complexity index is 1450. The van der Waals surface area contributed by atoms with Crippen molar-refractivity contribution in [3.05, 3.63) is 70.8 Å². The average molecular weight is 611 g/mol. The summed E-state index contributed by atoms with van der Waals surface area (Å²) in [5, 5.41) is 7.95. The number of amides is 2. The molecule has 2 fully saturated rings. The van der Waals surface area contributed by atoms with E-state index in [0.717, 1.165) is 18.4 Å². The second-order valence-corrected chi connectivity index (χ2v) is 12.1. The minimum atomic E-state index is -0.552. The van der Waals surface area contributed by atoms with Crippen molar-refractivity contribution in [3.63, 3.8) is 0 Å². The molecule has 43 heavy (non-hydrogen) atoms. The van der Waals surface area contributed by atoms with Gasteiger partial charge < -0.3 is 24.2 Å².